The van der Waals surface area contributed by atoms with E-state index in [0.717, 1.165) is 22.6 Å². The Kier molecular flexibility index (Phi) is 6.56. The highest BCUT2D eigenvalue weighted by Gasteiger charge is 2.30. The van der Waals surface area contributed by atoms with Gasteiger partial charge in [-0.1, -0.05) is 18.2 Å². The largest absolute Gasteiger partial charge is 0.463 e. The van der Waals surface area contributed by atoms with E-state index in [1.165, 1.54) is 0 Å². The molecule has 8 heteroatoms. The van der Waals surface area contributed by atoms with Crippen molar-refractivity contribution in [2.45, 2.75) is 40.3 Å². The minimum Gasteiger partial charge on any atom is -0.463 e. The third-order valence-electron chi connectivity index (χ3n) is 5.16. The van der Waals surface area contributed by atoms with Crippen LogP contribution in [0.2, 0.25) is 0 Å². The second-order valence-electron chi connectivity index (χ2n) is 7.50. The summed E-state index contributed by atoms with van der Waals surface area (Å²) < 4.78 is 7.13. The van der Waals surface area contributed by atoms with E-state index >= 15 is 0 Å². The zero-order chi connectivity index (χ0) is 21.8. The van der Waals surface area contributed by atoms with Gasteiger partial charge in [0.05, 0.1) is 29.6 Å². The van der Waals surface area contributed by atoms with Crippen LogP contribution in [0.3, 0.4) is 0 Å². The first kappa shape index (κ1) is 21.6. The molecule has 0 bridgehead atoms. The van der Waals surface area contributed by atoms with E-state index in [1.54, 1.807) is 13.8 Å². The Balaban J connectivity index is 1.83. The lowest BCUT2D eigenvalue weighted by molar-refractivity contribution is -0.139. The monoisotopic (exact) mass is 411 g/mol. The van der Waals surface area contributed by atoms with Gasteiger partial charge >= 0.3 is 12.0 Å². The van der Waals surface area contributed by atoms with Crippen molar-refractivity contribution in [2.75, 3.05) is 20.2 Å². The summed E-state index contributed by atoms with van der Waals surface area (Å²) in [5.74, 6) is -0.412. The number of aryl methyl sites for hydroxylation is 1. The first-order valence-electron chi connectivity index (χ1n) is 10.1. The quantitative estimate of drug-likeness (QED) is 0.683. The molecular weight excluding hydrogens is 382 g/mol. The average molecular weight is 412 g/mol. The second-order valence-corrected chi connectivity index (χ2v) is 7.50. The van der Waals surface area contributed by atoms with Gasteiger partial charge in [0.2, 0.25) is 0 Å². The van der Waals surface area contributed by atoms with Crippen LogP contribution in [0.4, 0.5) is 4.79 Å². The van der Waals surface area contributed by atoms with Crippen LogP contribution >= 0.6 is 0 Å². The zero-order valence-corrected chi connectivity index (χ0v) is 18.2. The molecule has 0 saturated carbocycles. The van der Waals surface area contributed by atoms with E-state index in [0.29, 0.717) is 24.4 Å². The van der Waals surface area contributed by atoms with Gasteiger partial charge in [-0.05, 0) is 46.9 Å². The van der Waals surface area contributed by atoms with Crippen molar-refractivity contribution in [3.8, 4) is 5.69 Å². The molecule has 1 aliphatic heterocycles. The molecule has 8 nitrogen and oxygen atoms in total. The van der Waals surface area contributed by atoms with E-state index < -0.39 is 12.0 Å². The van der Waals surface area contributed by atoms with E-state index in [4.69, 9.17) is 9.84 Å². The highest BCUT2D eigenvalue weighted by atomic mass is 16.5. The predicted octanol–water partition coefficient (Wildman–Crippen LogP) is 2.44. The number of ether oxygens (including phenoxy) is 1. The summed E-state index contributed by atoms with van der Waals surface area (Å²) in [5.41, 5.74) is 5.17. The first-order chi connectivity index (χ1) is 14.3. The summed E-state index contributed by atoms with van der Waals surface area (Å²) >= 11 is 0. The lowest BCUT2D eigenvalue weighted by Gasteiger charge is -2.29. The number of carbonyl (C=O) groups is 2. The van der Waals surface area contributed by atoms with Gasteiger partial charge < -0.3 is 15.4 Å². The molecule has 3 rings (SSSR count). The van der Waals surface area contributed by atoms with Crippen molar-refractivity contribution >= 4 is 12.0 Å². The molecule has 0 aliphatic carbocycles. The number of para-hydroxylation sites is 1. The van der Waals surface area contributed by atoms with Crippen LogP contribution in [0.25, 0.3) is 5.69 Å². The highest BCUT2D eigenvalue weighted by Crippen LogP contribution is 2.21. The molecule has 160 valence electrons. The highest BCUT2D eigenvalue weighted by molar-refractivity contribution is 5.94. The van der Waals surface area contributed by atoms with Crippen molar-refractivity contribution in [3.63, 3.8) is 0 Å². The number of amides is 2. The van der Waals surface area contributed by atoms with Gasteiger partial charge in [0.1, 0.15) is 0 Å². The van der Waals surface area contributed by atoms with Gasteiger partial charge in [-0.25, -0.2) is 14.3 Å². The number of hydrogen-bond acceptors (Lipinski definition) is 5. The van der Waals surface area contributed by atoms with Gasteiger partial charge in [0.25, 0.3) is 0 Å². The van der Waals surface area contributed by atoms with Crippen molar-refractivity contribution < 1.29 is 14.3 Å². The molecule has 0 fully saturated rings. The summed E-state index contributed by atoms with van der Waals surface area (Å²) in [6, 6.07) is 9.27. The third kappa shape index (κ3) is 4.54. The number of benzene rings is 1. The van der Waals surface area contributed by atoms with Gasteiger partial charge in [0.15, 0.2) is 0 Å². The van der Waals surface area contributed by atoms with Crippen LogP contribution in [0, 0.1) is 13.8 Å². The van der Waals surface area contributed by atoms with E-state index in [2.05, 4.69) is 15.5 Å². The number of aromatic nitrogens is 2. The van der Waals surface area contributed by atoms with Gasteiger partial charge in [-0.15, -0.1) is 0 Å². The Bertz CT molecular complexity index is 965. The Morgan fingerprint density at radius 1 is 1.23 bits per heavy atom. The lowest BCUT2D eigenvalue weighted by Crippen LogP contribution is -2.51. The SMILES string of the molecule is CCOC(=O)C1=C(CN(C)Cc2c(C)nn(-c3ccccc3)c2C)NC(=O)N[C@H]1C. The molecule has 2 aromatic rings. The minimum absolute atomic E-state index is 0.281. The molecule has 2 amide bonds. The molecule has 2 heterocycles. The molecular formula is C22H29N5O3. The second kappa shape index (κ2) is 9.13. The number of likely N-dealkylation sites (N-methyl/N-ethyl adjacent to an activating group) is 1. The van der Waals surface area contributed by atoms with Crippen molar-refractivity contribution in [2.24, 2.45) is 0 Å². The molecule has 1 aromatic carbocycles. The third-order valence-corrected chi connectivity index (χ3v) is 5.16. The van der Waals surface area contributed by atoms with Crippen LogP contribution in [-0.2, 0) is 16.1 Å². The number of hydrogen-bond donors (Lipinski definition) is 2. The molecule has 1 atom stereocenters. The summed E-state index contributed by atoms with van der Waals surface area (Å²) in [7, 11) is 1.95. The molecule has 2 N–H and O–H groups in total. The minimum atomic E-state index is -0.412. The van der Waals surface area contributed by atoms with Crippen LogP contribution in [0.5, 0.6) is 0 Å². The van der Waals surface area contributed by atoms with Crippen LogP contribution < -0.4 is 10.6 Å². The maximum atomic E-state index is 12.4. The number of nitrogens with zero attached hydrogens (tertiary/aromatic N) is 3. The molecule has 0 spiro atoms. The molecule has 1 aliphatic rings. The Morgan fingerprint density at radius 2 is 1.93 bits per heavy atom. The lowest BCUT2D eigenvalue weighted by atomic mass is 10.0. The van der Waals surface area contributed by atoms with Crippen molar-refractivity contribution in [1.82, 2.24) is 25.3 Å². The van der Waals surface area contributed by atoms with Crippen LogP contribution in [-0.4, -0.2) is 52.9 Å². The first-order valence-corrected chi connectivity index (χ1v) is 10.1. The van der Waals surface area contributed by atoms with Crippen LogP contribution in [0.15, 0.2) is 41.6 Å². The fourth-order valence-electron chi connectivity index (χ4n) is 3.72. The predicted molar refractivity (Wildman–Crippen MR) is 114 cm³/mol. The maximum absolute atomic E-state index is 12.4. The van der Waals surface area contributed by atoms with E-state index in [-0.39, 0.29) is 12.6 Å². The fourth-order valence-corrected chi connectivity index (χ4v) is 3.72. The Hall–Kier alpha value is -3.13. The summed E-state index contributed by atoms with van der Waals surface area (Å²) in [5, 5.41) is 10.2. The smallest absolute Gasteiger partial charge is 0.337 e. The van der Waals surface area contributed by atoms with Crippen molar-refractivity contribution in [1.29, 1.82) is 0 Å². The number of esters is 1. The Labute approximate surface area is 176 Å². The fraction of sp³-hybridized carbons (Fsp3) is 0.409. The number of urea groups is 1. The molecule has 1 aromatic heterocycles. The molecule has 0 saturated heterocycles. The zero-order valence-electron chi connectivity index (χ0n) is 18.2. The summed E-state index contributed by atoms with van der Waals surface area (Å²) in [6.07, 6.45) is 0. The van der Waals surface area contributed by atoms with Crippen LogP contribution in [0.1, 0.15) is 30.8 Å². The number of carbonyl (C=O) groups excluding carboxylic acids is 2. The average Bonchev–Trinajstić information content (AvgIpc) is 2.96. The summed E-state index contributed by atoms with van der Waals surface area (Å²) in [6.45, 7) is 8.90. The topological polar surface area (TPSA) is 88.5 Å². The normalized spacial score (nSPS) is 16.5. The Morgan fingerprint density at radius 3 is 2.60 bits per heavy atom. The standard InChI is InChI=1S/C22H29N5O3/c1-6-30-21(28)20-15(3)23-22(29)24-19(20)13-26(5)12-18-14(2)25-27(16(18)4)17-10-8-7-9-11-17/h7-11,15H,6,12-13H2,1-5H3,(H2,23,24,29)/t15-/m0/s1. The van der Waals surface area contributed by atoms with E-state index in [9.17, 15) is 9.59 Å². The maximum Gasteiger partial charge on any atom is 0.337 e. The number of rotatable bonds is 7. The number of nitrogens with one attached hydrogen (secondary N) is 2. The van der Waals surface area contributed by atoms with Gasteiger partial charge in [-0.3, -0.25) is 4.90 Å². The summed E-state index contributed by atoms with van der Waals surface area (Å²) in [4.78, 5) is 26.5. The molecule has 0 radical (unpaired) electrons. The van der Waals surface area contributed by atoms with Crippen molar-refractivity contribution in [3.05, 3.63) is 58.6 Å². The van der Waals surface area contributed by atoms with Gasteiger partial charge in [0, 0.05) is 30.0 Å². The van der Waals surface area contributed by atoms with Gasteiger partial charge in [-0.2, -0.15) is 5.10 Å². The van der Waals surface area contributed by atoms with E-state index in [1.807, 2.05) is 55.9 Å². The molecule has 0 unspecified atom stereocenters. The molecule has 30 heavy (non-hydrogen) atoms.